The van der Waals surface area contributed by atoms with Gasteiger partial charge in [0.1, 0.15) is 0 Å². The summed E-state index contributed by atoms with van der Waals surface area (Å²) in [7, 11) is 0. The summed E-state index contributed by atoms with van der Waals surface area (Å²) >= 11 is 0. The van der Waals surface area contributed by atoms with Crippen LogP contribution in [0.1, 0.15) is 31.1 Å². The van der Waals surface area contributed by atoms with Crippen LogP contribution in [0.3, 0.4) is 0 Å². The highest BCUT2D eigenvalue weighted by Crippen LogP contribution is 2.35. The van der Waals surface area contributed by atoms with Gasteiger partial charge in [-0.1, -0.05) is 25.1 Å². The molecule has 0 amide bonds. The number of ether oxygens (including phenoxy) is 1. The second-order valence-corrected chi connectivity index (χ2v) is 5.54. The highest BCUT2D eigenvalue weighted by molar-refractivity contribution is 6.09. The number of nitrogens with one attached hydrogen (secondary N) is 1. The highest BCUT2D eigenvalue weighted by Gasteiger charge is 2.42. The molecular weight excluding hydrogens is 238 g/mol. The van der Waals surface area contributed by atoms with Gasteiger partial charge in [0.05, 0.1) is 18.1 Å². The van der Waals surface area contributed by atoms with E-state index in [-0.39, 0.29) is 29.8 Å². The number of Topliss-reactive ketones (excluding diaryl/α,β-unsaturated/α-hetero) is 1. The third-order valence-electron chi connectivity index (χ3n) is 4.40. The minimum atomic E-state index is -0.0470. The summed E-state index contributed by atoms with van der Waals surface area (Å²) in [5, 5.41) is 1.01. The number of fused-ring (bicyclic) bond motifs is 1. The van der Waals surface area contributed by atoms with Crippen LogP contribution in [-0.4, -0.2) is 23.0 Å². The van der Waals surface area contributed by atoms with Crippen molar-refractivity contribution in [3.63, 3.8) is 0 Å². The molecule has 1 aliphatic rings. The molecule has 3 heteroatoms. The Balaban J connectivity index is 2.00. The average molecular weight is 257 g/mol. The Morgan fingerprint density at radius 3 is 2.58 bits per heavy atom. The zero-order valence-corrected chi connectivity index (χ0v) is 11.5. The van der Waals surface area contributed by atoms with Crippen molar-refractivity contribution >= 4 is 16.7 Å². The number of hydrogen-bond acceptors (Lipinski definition) is 2. The molecule has 1 N–H and O–H groups in total. The smallest absolute Gasteiger partial charge is 0.171 e. The van der Waals surface area contributed by atoms with E-state index in [2.05, 4.69) is 11.9 Å². The van der Waals surface area contributed by atoms with Gasteiger partial charge in [-0.2, -0.15) is 0 Å². The van der Waals surface area contributed by atoms with Crippen LogP contribution >= 0.6 is 0 Å². The van der Waals surface area contributed by atoms with Crippen LogP contribution in [0.15, 0.2) is 30.5 Å². The normalized spacial score (nSPS) is 30.9. The summed E-state index contributed by atoms with van der Waals surface area (Å²) in [6.45, 7) is 6.15. The number of hydrogen-bond donors (Lipinski definition) is 1. The Morgan fingerprint density at radius 2 is 1.89 bits per heavy atom. The molecule has 1 aromatic carbocycles. The third-order valence-corrected chi connectivity index (χ3v) is 4.40. The number of carbonyl (C=O) groups is 1. The zero-order chi connectivity index (χ0) is 13.6. The minimum absolute atomic E-state index is 0.00818. The third kappa shape index (κ3) is 1.89. The Bertz CT molecular complexity index is 616. The van der Waals surface area contributed by atoms with Crippen LogP contribution in [0.2, 0.25) is 0 Å². The van der Waals surface area contributed by atoms with E-state index in [0.29, 0.717) is 0 Å². The van der Waals surface area contributed by atoms with E-state index in [4.69, 9.17) is 4.74 Å². The Morgan fingerprint density at radius 1 is 1.16 bits per heavy atom. The van der Waals surface area contributed by atoms with Gasteiger partial charge in [0.2, 0.25) is 0 Å². The number of rotatable bonds is 2. The fraction of sp³-hybridized carbons (Fsp3) is 0.438. The van der Waals surface area contributed by atoms with Crippen molar-refractivity contribution in [2.24, 2.45) is 11.8 Å². The van der Waals surface area contributed by atoms with Gasteiger partial charge in [0.15, 0.2) is 5.78 Å². The maximum atomic E-state index is 12.8. The van der Waals surface area contributed by atoms with Crippen LogP contribution in [0.4, 0.5) is 0 Å². The summed E-state index contributed by atoms with van der Waals surface area (Å²) in [6, 6.07) is 7.92. The molecule has 0 radical (unpaired) electrons. The van der Waals surface area contributed by atoms with Gasteiger partial charge in [-0.3, -0.25) is 4.79 Å². The standard InChI is InChI=1S/C16H19NO2/c1-9-10(2)19-11(3)15(9)16(18)13-8-17-14-7-5-4-6-12(13)14/h4-11,15,17H,1-3H3. The van der Waals surface area contributed by atoms with Crippen LogP contribution < -0.4 is 0 Å². The summed E-state index contributed by atoms with van der Waals surface area (Å²) in [4.78, 5) is 16.0. The molecule has 1 saturated heterocycles. The maximum Gasteiger partial charge on any atom is 0.171 e. The molecule has 3 nitrogen and oxygen atoms in total. The molecule has 2 aromatic rings. The molecule has 2 heterocycles. The Hall–Kier alpha value is -1.61. The summed E-state index contributed by atoms with van der Waals surface area (Å²) in [6.07, 6.45) is 1.97. The average Bonchev–Trinajstić information content (AvgIpc) is 2.91. The quantitative estimate of drug-likeness (QED) is 0.838. The maximum absolute atomic E-state index is 12.8. The lowest BCUT2D eigenvalue weighted by atomic mass is 9.83. The predicted octanol–water partition coefficient (Wildman–Crippen LogP) is 3.41. The van der Waals surface area contributed by atoms with Crippen molar-refractivity contribution in [2.45, 2.75) is 33.0 Å². The number of aromatic nitrogens is 1. The van der Waals surface area contributed by atoms with E-state index >= 15 is 0 Å². The lowest BCUT2D eigenvalue weighted by Crippen LogP contribution is -2.26. The van der Waals surface area contributed by atoms with Crippen LogP contribution in [-0.2, 0) is 4.74 Å². The van der Waals surface area contributed by atoms with Crippen molar-refractivity contribution in [3.05, 3.63) is 36.0 Å². The Kier molecular flexibility index (Phi) is 2.94. The van der Waals surface area contributed by atoms with Crippen molar-refractivity contribution in [2.75, 3.05) is 0 Å². The molecule has 3 rings (SSSR count). The molecular formula is C16H19NO2. The molecule has 19 heavy (non-hydrogen) atoms. The van der Waals surface area contributed by atoms with Crippen molar-refractivity contribution < 1.29 is 9.53 Å². The molecule has 4 atom stereocenters. The molecule has 4 unspecified atom stereocenters. The van der Waals surface area contributed by atoms with E-state index in [1.54, 1.807) is 0 Å². The van der Waals surface area contributed by atoms with Gasteiger partial charge >= 0.3 is 0 Å². The first-order valence-electron chi connectivity index (χ1n) is 6.85. The van der Waals surface area contributed by atoms with Gasteiger partial charge in [0, 0.05) is 22.7 Å². The van der Waals surface area contributed by atoms with E-state index in [1.165, 1.54) is 0 Å². The monoisotopic (exact) mass is 257 g/mol. The van der Waals surface area contributed by atoms with Crippen molar-refractivity contribution in [1.29, 1.82) is 0 Å². The van der Waals surface area contributed by atoms with Gasteiger partial charge in [0.25, 0.3) is 0 Å². The summed E-state index contributed by atoms with van der Waals surface area (Å²) in [5.41, 5.74) is 1.80. The molecule has 1 fully saturated rings. The van der Waals surface area contributed by atoms with E-state index in [9.17, 15) is 4.79 Å². The molecule has 0 bridgehead atoms. The first kappa shape index (κ1) is 12.4. The SMILES string of the molecule is CC1OC(C)C(C(=O)c2c[nH]c3ccccc23)C1C. The summed E-state index contributed by atoms with van der Waals surface area (Å²) < 4.78 is 5.79. The van der Waals surface area contributed by atoms with Gasteiger partial charge < -0.3 is 9.72 Å². The first-order valence-corrected chi connectivity index (χ1v) is 6.85. The molecule has 0 aliphatic carbocycles. The van der Waals surface area contributed by atoms with Crippen molar-refractivity contribution in [3.8, 4) is 0 Å². The minimum Gasteiger partial charge on any atom is -0.374 e. The van der Waals surface area contributed by atoms with E-state index < -0.39 is 0 Å². The summed E-state index contributed by atoms with van der Waals surface area (Å²) in [5.74, 6) is 0.409. The van der Waals surface area contributed by atoms with Crippen molar-refractivity contribution in [1.82, 2.24) is 4.98 Å². The largest absolute Gasteiger partial charge is 0.374 e. The molecule has 100 valence electrons. The second kappa shape index (κ2) is 4.49. The molecule has 1 aliphatic heterocycles. The number of aromatic amines is 1. The topological polar surface area (TPSA) is 42.1 Å². The van der Waals surface area contributed by atoms with Gasteiger partial charge in [-0.25, -0.2) is 0 Å². The van der Waals surface area contributed by atoms with Crippen LogP contribution in [0.5, 0.6) is 0 Å². The zero-order valence-electron chi connectivity index (χ0n) is 11.5. The highest BCUT2D eigenvalue weighted by atomic mass is 16.5. The number of carbonyl (C=O) groups excluding carboxylic acids is 1. The lowest BCUT2D eigenvalue weighted by molar-refractivity contribution is 0.0491. The number of para-hydroxylation sites is 1. The predicted molar refractivity (Wildman–Crippen MR) is 75.3 cm³/mol. The van der Waals surface area contributed by atoms with Gasteiger partial charge in [-0.05, 0) is 25.8 Å². The Labute approximate surface area is 113 Å². The van der Waals surface area contributed by atoms with Crippen LogP contribution in [0.25, 0.3) is 10.9 Å². The van der Waals surface area contributed by atoms with Gasteiger partial charge in [-0.15, -0.1) is 0 Å². The number of H-pyrrole nitrogens is 1. The molecule has 0 spiro atoms. The fourth-order valence-electron chi connectivity index (χ4n) is 3.17. The fourth-order valence-corrected chi connectivity index (χ4v) is 3.17. The first-order chi connectivity index (χ1) is 9.09. The van der Waals surface area contributed by atoms with E-state index in [0.717, 1.165) is 16.5 Å². The van der Waals surface area contributed by atoms with Crippen LogP contribution in [0, 0.1) is 11.8 Å². The lowest BCUT2D eigenvalue weighted by Gasteiger charge is -2.16. The second-order valence-electron chi connectivity index (χ2n) is 5.54. The molecule has 0 saturated carbocycles. The van der Waals surface area contributed by atoms with E-state index in [1.807, 2.05) is 44.3 Å². The number of benzene rings is 1. The number of ketones is 1. The molecule has 1 aromatic heterocycles.